The van der Waals surface area contributed by atoms with Gasteiger partial charge in [-0.15, -0.1) is 11.3 Å². The molecule has 5 heteroatoms. The van der Waals surface area contributed by atoms with Crippen LogP contribution < -0.4 is 10.2 Å². The average Bonchev–Trinajstić information content (AvgIpc) is 2.89. The highest BCUT2D eigenvalue weighted by molar-refractivity contribution is 7.09. The van der Waals surface area contributed by atoms with Crippen molar-refractivity contribution in [3.05, 3.63) is 34.7 Å². The molecule has 0 unspecified atom stereocenters. The van der Waals surface area contributed by atoms with Crippen molar-refractivity contribution in [2.24, 2.45) is 0 Å². The maximum atomic E-state index is 4.40. The summed E-state index contributed by atoms with van der Waals surface area (Å²) in [6.07, 6.45) is 2.82. The minimum atomic E-state index is 0.658. The molecular formula is C12H16N4S. The van der Waals surface area contributed by atoms with E-state index in [1.807, 2.05) is 13.1 Å². The zero-order valence-electron chi connectivity index (χ0n) is 10.1. The standard InChI is InChI=1S/C12H16N4S/c1-13-12-14-7-5-11(15-12)16(2)8-6-10-4-3-9-17-10/h3-5,7,9H,6,8H2,1-2H3,(H,13,14,15). The van der Waals surface area contributed by atoms with Crippen LogP contribution >= 0.6 is 11.3 Å². The van der Waals surface area contributed by atoms with Gasteiger partial charge in [0, 0.05) is 31.7 Å². The van der Waals surface area contributed by atoms with Crippen LogP contribution in [0.3, 0.4) is 0 Å². The normalized spacial score (nSPS) is 10.2. The molecule has 0 fully saturated rings. The van der Waals surface area contributed by atoms with Crippen molar-refractivity contribution in [2.75, 3.05) is 30.9 Å². The first-order valence-electron chi connectivity index (χ1n) is 5.54. The van der Waals surface area contributed by atoms with Crippen LogP contribution in [0.5, 0.6) is 0 Å². The molecule has 0 bridgehead atoms. The van der Waals surface area contributed by atoms with Crippen molar-refractivity contribution in [2.45, 2.75) is 6.42 Å². The molecule has 2 heterocycles. The van der Waals surface area contributed by atoms with Crippen molar-refractivity contribution < 1.29 is 0 Å². The lowest BCUT2D eigenvalue weighted by atomic mass is 10.3. The molecule has 0 aliphatic rings. The van der Waals surface area contributed by atoms with Gasteiger partial charge in [0.15, 0.2) is 0 Å². The van der Waals surface area contributed by atoms with E-state index in [-0.39, 0.29) is 0 Å². The molecule has 0 atom stereocenters. The highest BCUT2D eigenvalue weighted by Crippen LogP contribution is 2.13. The molecule has 2 aromatic rings. The Balaban J connectivity index is 1.96. The largest absolute Gasteiger partial charge is 0.359 e. The quantitative estimate of drug-likeness (QED) is 0.881. The van der Waals surface area contributed by atoms with Gasteiger partial charge in [0.05, 0.1) is 0 Å². The van der Waals surface area contributed by atoms with E-state index in [1.54, 1.807) is 17.5 Å². The first-order chi connectivity index (χ1) is 8.29. The van der Waals surface area contributed by atoms with Gasteiger partial charge in [0.25, 0.3) is 0 Å². The lowest BCUT2D eigenvalue weighted by Crippen LogP contribution is -2.21. The predicted molar refractivity (Wildman–Crippen MR) is 72.9 cm³/mol. The third-order valence-electron chi connectivity index (χ3n) is 2.53. The first-order valence-corrected chi connectivity index (χ1v) is 6.42. The van der Waals surface area contributed by atoms with Crippen LogP contribution in [0.2, 0.25) is 0 Å². The van der Waals surface area contributed by atoms with E-state index in [0.717, 1.165) is 18.8 Å². The number of nitrogens with zero attached hydrogens (tertiary/aromatic N) is 3. The Labute approximate surface area is 105 Å². The van der Waals surface area contributed by atoms with E-state index >= 15 is 0 Å². The van der Waals surface area contributed by atoms with Gasteiger partial charge < -0.3 is 10.2 Å². The summed E-state index contributed by atoms with van der Waals surface area (Å²) in [6, 6.07) is 6.18. The van der Waals surface area contributed by atoms with Gasteiger partial charge in [-0.1, -0.05) is 6.07 Å². The molecule has 2 aromatic heterocycles. The van der Waals surface area contributed by atoms with E-state index in [1.165, 1.54) is 4.88 Å². The van der Waals surface area contributed by atoms with E-state index in [2.05, 4.69) is 44.7 Å². The topological polar surface area (TPSA) is 41.1 Å². The van der Waals surface area contributed by atoms with Crippen LogP contribution in [0.4, 0.5) is 11.8 Å². The summed E-state index contributed by atoms with van der Waals surface area (Å²) >= 11 is 1.80. The van der Waals surface area contributed by atoms with Crippen molar-refractivity contribution in [3.8, 4) is 0 Å². The Morgan fingerprint density at radius 1 is 1.41 bits per heavy atom. The third kappa shape index (κ3) is 3.17. The maximum absolute atomic E-state index is 4.40. The van der Waals surface area contributed by atoms with Crippen LogP contribution in [-0.4, -0.2) is 30.6 Å². The molecule has 0 saturated heterocycles. The van der Waals surface area contributed by atoms with Crippen LogP contribution in [0.25, 0.3) is 0 Å². The van der Waals surface area contributed by atoms with Crippen molar-refractivity contribution >= 4 is 23.1 Å². The Morgan fingerprint density at radius 3 is 3.00 bits per heavy atom. The number of hydrogen-bond acceptors (Lipinski definition) is 5. The maximum Gasteiger partial charge on any atom is 0.224 e. The summed E-state index contributed by atoms with van der Waals surface area (Å²) < 4.78 is 0. The predicted octanol–water partition coefficient (Wildman–Crippen LogP) is 2.26. The van der Waals surface area contributed by atoms with Gasteiger partial charge in [-0.2, -0.15) is 4.98 Å². The lowest BCUT2D eigenvalue weighted by molar-refractivity contribution is 0.865. The summed E-state index contributed by atoms with van der Waals surface area (Å²) in [4.78, 5) is 12.0. The molecule has 2 rings (SSSR count). The lowest BCUT2D eigenvalue weighted by Gasteiger charge is -2.17. The summed E-state index contributed by atoms with van der Waals surface area (Å²) in [5, 5.41) is 5.06. The van der Waals surface area contributed by atoms with Crippen molar-refractivity contribution in [1.29, 1.82) is 0 Å². The first kappa shape index (κ1) is 11.9. The molecule has 1 N–H and O–H groups in total. The third-order valence-corrected chi connectivity index (χ3v) is 3.47. The molecule has 0 amide bonds. The number of likely N-dealkylation sites (N-methyl/N-ethyl adjacent to an activating group) is 1. The second-order valence-electron chi connectivity index (χ2n) is 3.74. The molecule has 0 aromatic carbocycles. The van der Waals surface area contributed by atoms with Gasteiger partial charge in [-0.05, 0) is 23.9 Å². The van der Waals surface area contributed by atoms with Crippen molar-refractivity contribution in [3.63, 3.8) is 0 Å². The molecule has 4 nitrogen and oxygen atoms in total. The highest BCUT2D eigenvalue weighted by atomic mass is 32.1. The number of anilines is 2. The summed E-state index contributed by atoms with van der Waals surface area (Å²) in [5.74, 6) is 1.60. The zero-order chi connectivity index (χ0) is 12.1. The SMILES string of the molecule is CNc1nccc(N(C)CCc2cccs2)n1. The second kappa shape index (κ2) is 5.63. The van der Waals surface area contributed by atoms with Crippen LogP contribution in [0, 0.1) is 0 Å². The fourth-order valence-corrected chi connectivity index (χ4v) is 2.23. The van der Waals surface area contributed by atoms with Crippen LogP contribution in [0.1, 0.15) is 4.88 Å². The fourth-order valence-electron chi connectivity index (χ4n) is 1.53. The summed E-state index contributed by atoms with van der Waals surface area (Å²) in [5.41, 5.74) is 0. The smallest absolute Gasteiger partial charge is 0.224 e. The van der Waals surface area contributed by atoms with E-state index in [0.29, 0.717) is 5.95 Å². The number of nitrogens with one attached hydrogen (secondary N) is 1. The Kier molecular flexibility index (Phi) is 3.93. The Hall–Kier alpha value is -1.62. The number of thiophene rings is 1. The molecule has 90 valence electrons. The number of aromatic nitrogens is 2. The van der Waals surface area contributed by atoms with Gasteiger partial charge >= 0.3 is 0 Å². The minimum Gasteiger partial charge on any atom is -0.359 e. The Bertz CT molecular complexity index is 455. The number of rotatable bonds is 5. The van der Waals surface area contributed by atoms with Gasteiger partial charge in [0.1, 0.15) is 5.82 Å². The second-order valence-corrected chi connectivity index (χ2v) is 4.77. The van der Waals surface area contributed by atoms with Crippen LogP contribution in [0.15, 0.2) is 29.8 Å². The van der Waals surface area contributed by atoms with Crippen molar-refractivity contribution in [1.82, 2.24) is 9.97 Å². The molecule has 0 spiro atoms. The molecular weight excluding hydrogens is 232 g/mol. The number of hydrogen-bond donors (Lipinski definition) is 1. The molecule has 0 saturated carbocycles. The fraction of sp³-hybridized carbons (Fsp3) is 0.333. The molecule has 17 heavy (non-hydrogen) atoms. The van der Waals surface area contributed by atoms with Crippen LogP contribution in [-0.2, 0) is 6.42 Å². The van der Waals surface area contributed by atoms with Gasteiger partial charge in [0.2, 0.25) is 5.95 Å². The minimum absolute atomic E-state index is 0.658. The average molecular weight is 248 g/mol. The van der Waals surface area contributed by atoms with E-state index in [4.69, 9.17) is 0 Å². The molecule has 0 aliphatic heterocycles. The monoisotopic (exact) mass is 248 g/mol. The molecule has 0 radical (unpaired) electrons. The zero-order valence-corrected chi connectivity index (χ0v) is 10.9. The molecule has 0 aliphatic carbocycles. The van der Waals surface area contributed by atoms with E-state index < -0.39 is 0 Å². The summed E-state index contributed by atoms with van der Waals surface area (Å²) in [7, 11) is 3.88. The van der Waals surface area contributed by atoms with Gasteiger partial charge in [-0.3, -0.25) is 0 Å². The Morgan fingerprint density at radius 2 is 2.29 bits per heavy atom. The van der Waals surface area contributed by atoms with E-state index in [9.17, 15) is 0 Å². The van der Waals surface area contributed by atoms with Gasteiger partial charge in [-0.25, -0.2) is 4.98 Å². The highest BCUT2D eigenvalue weighted by Gasteiger charge is 2.04. The summed E-state index contributed by atoms with van der Waals surface area (Å²) in [6.45, 7) is 0.959.